The number of carboxylic acid groups (broad SMARTS) is 1. The lowest BCUT2D eigenvalue weighted by molar-refractivity contribution is -0.138. The fourth-order valence-corrected chi connectivity index (χ4v) is 1.10. The molecule has 0 bridgehead atoms. The van der Waals surface area contributed by atoms with Gasteiger partial charge in [-0.25, -0.2) is 4.79 Å². The van der Waals surface area contributed by atoms with Crippen LogP contribution in [0.4, 0.5) is 4.79 Å². The smallest absolute Gasteiger partial charge is 0.410 e. The second-order valence-corrected chi connectivity index (χ2v) is 5.15. The average molecular weight is 305 g/mol. The predicted octanol–water partition coefficient (Wildman–Crippen LogP) is 0.409. The number of nitrogens with zero attached hydrogens (tertiary/aromatic N) is 1. The van der Waals surface area contributed by atoms with Gasteiger partial charge in [-0.15, -0.1) is 0 Å². The van der Waals surface area contributed by atoms with Crippen LogP contribution in [0.25, 0.3) is 0 Å². The van der Waals surface area contributed by atoms with Gasteiger partial charge >= 0.3 is 12.1 Å². The van der Waals surface area contributed by atoms with Crippen LogP contribution < -0.4 is 11.1 Å². The number of likely N-dealkylation sites (N-methyl/N-ethyl adjacent to an activating group) is 1. The first-order valence-electron chi connectivity index (χ1n) is 6.62. The van der Waals surface area contributed by atoms with Gasteiger partial charge < -0.3 is 25.8 Å². The van der Waals surface area contributed by atoms with E-state index in [2.05, 4.69) is 11.1 Å². The Morgan fingerprint density at radius 2 is 1.71 bits per heavy atom. The molecule has 4 N–H and O–H groups in total. The first-order chi connectivity index (χ1) is 9.61. The van der Waals surface area contributed by atoms with Crippen molar-refractivity contribution in [1.82, 2.24) is 10.2 Å². The molecule has 0 spiro atoms. The maximum Gasteiger partial charge on any atom is 0.410 e. The van der Waals surface area contributed by atoms with E-state index in [4.69, 9.17) is 9.84 Å². The SMILES string of the molecule is CN.CN(CCNC(=O)CCC(=O)O)C(=O)OC(C)(C)C. The van der Waals surface area contributed by atoms with Crippen LogP contribution in [0.2, 0.25) is 0 Å². The summed E-state index contributed by atoms with van der Waals surface area (Å²) in [5.41, 5.74) is 3.94. The van der Waals surface area contributed by atoms with Crippen LogP contribution in [0.1, 0.15) is 33.6 Å². The van der Waals surface area contributed by atoms with E-state index in [1.54, 1.807) is 27.8 Å². The topological polar surface area (TPSA) is 122 Å². The highest BCUT2D eigenvalue weighted by molar-refractivity contribution is 5.80. The molecule has 0 aliphatic rings. The highest BCUT2D eigenvalue weighted by Gasteiger charge is 2.19. The van der Waals surface area contributed by atoms with Crippen LogP contribution in [0.15, 0.2) is 0 Å². The van der Waals surface area contributed by atoms with Crippen molar-refractivity contribution in [2.24, 2.45) is 5.73 Å². The monoisotopic (exact) mass is 305 g/mol. The number of aliphatic carboxylic acids is 1. The Balaban J connectivity index is 0. The van der Waals surface area contributed by atoms with Gasteiger partial charge in [0, 0.05) is 26.6 Å². The van der Waals surface area contributed by atoms with Gasteiger partial charge in [-0.2, -0.15) is 0 Å². The van der Waals surface area contributed by atoms with Crippen molar-refractivity contribution < 1.29 is 24.2 Å². The first kappa shape index (κ1) is 21.5. The van der Waals surface area contributed by atoms with E-state index < -0.39 is 17.7 Å². The standard InChI is InChI=1S/C12H22N2O5.CH5N/c1-12(2,3)19-11(18)14(4)8-7-13-9(15)5-6-10(16)17;1-2/h5-8H2,1-4H3,(H,13,15)(H,16,17);2H2,1H3. The molecule has 0 heterocycles. The normalized spacial score (nSPS) is 10.0. The van der Waals surface area contributed by atoms with E-state index in [0.29, 0.717) is 6.54 Å². The van der Waals surface area contributed by atoms with Gasteiger partial charge in [0.1, 0.15) is 5.60 Å². The van der Waals surface area contributed by atoms with Crippen molar-refractivity contribution in [1.29, 1.82) is 0 Å². The van der Waals surface area contributed by atoms with E-state index in [1.807, 2.05) is 0 Å². The Morgan fingerprint density at radius 3 is 2.14 bits per heavy atom. The summed E-state index contributed by atoms with van der Waals surface area (Å²) >= 11 is 0. The molecule has 0 rings (SSSR count). The van der Waals surface area contributed by atoms with Crippen molar-refractivity contribution in [2.75, 3.05) is 27.2 Å². The minimum atomic E-state index is -1.01. The largest absolute Gasteiger partial charge is 0.481 e. The molecule has 0 unspecified atom stereocenters. The zero-order valence-corrected chi connectivity index (χ0v) is 13.4. The summed E-state index contributed by atoms with van der Waals surface area (Å²) in [6, 6.07) is 0. The Labute approximate surface area is 125 Å². The Kier molecular flexibility index (Phi) is 11.1. The summed E-state index contributed by atoms with van der Waals surface area (Å²) in [7, 11) is 3.07. The van der Waals surface area contributed by atoms with Gasteiger partial charge in [0.25, 0.3) is 0 Å². The molecule has 0 aromatic carbocycles. The minimum absolute atomic E-state index is 0.0640. The van der Waals surface area contributed by atoms with Gasteiger partial charge in [0.15, 0.2) is 0 Å². The second-order valence-electron chi connectivity index (χ2n) is 5.15. The van der Waals surface area contributed by atoms with E-state index >= 15 is 0 Å². The molecule has 0 saturated heterocycles. The fourth-order valence-electron chi connectivity index (χ4n) is 1.10. The molecular formula is C13H27N3O5. The summed E-state index contributed by atoms with van der Waals surface area (Å²) in [6.07, 6.45) is -0.730. The Bertz CT molecular complexity index is 339. The van der Waals surface area contributed by atoms with Crippen LogP contribution in [0, 0.1) is 0 Å². The van der Waals surface area contributed by atoms with Gasteiger partial charge in [0.2, 0.25) is 5.91 Å². The molecular weight excluding hydrogens is 278 g/mol. The van der Waals surface area contributed by atoms with E-state index in [-0.39, 0.29) is 25.3 Å². The number of carbonyl (C=O) groups excluding carboxylic acids is 2. The highest BCUT2D eigenvalue weighted by Crippen LogP contribution is 2.08. The number of hydrogen-bond acceptors (Lipinski definition) is 5. The third-order valence-electron chi connectivity index (χ3n) is 2.04. The molecule has 124 valence electrons. The maximum absolute atomic E-state index is 11.6. The lowest BCUT2D eigenvalue weighted by atomic mass is 10.2. The molecule has 0 aliphatic carbocycles. The molecule has 0 atom stereocenters. The van der Waals surface area contributed by atoms with Crippen molar-refractivity contribution in [2.45, 2.75) is 39.2 Å². The molecule has 0 aromatic rings. The van der Waals surface area contributed by atoms with Crippen LogP contribution in [-0.2, 0) is 14.3 Å². The van der Waals surface area contributed by atoms with Crippen LogP contribution in [0.5, 0.6) is 0 Å². The number of hydrogen-bond donors (Lipinski definition) is 3. The highest BCUT2D eigenvalue weighted by atomic mass is 16.6. The minimum Gasteiger partial charge on any atom is -0.481 e. The van der Waals surface area contributed by atoms with Crippen molar-refractivity contribution in [3.05, 3.63) is 0 Å². The molecule has 0 radical (unpaired) electrons. The number of carboxylic acids is 1. The first-order valence-corrected chi connectivity index (χ1v) is 6.62. The number of nitrogens with two attached hydrogens (primary N) is 1. The maximum atomic E-state index is 11.6. The summed E-state index contributed by atoms with van der Waals surface area (Å²) in [5, 5.41) is 10.9. The van der Waals surface area contributed by atoms with Gasteiger partial charge in [0.05, 0.1) is 6.42 Å². The fraction of sp³-hybridized carbons (Fsp3) is 0.769. The molecule has 2 amide bonds. The van der Waals surface area contributed by atoms with Crippen LogP contribution in [-0.4, -0.2) is 60.8 Å². The summed E-state index contributed by atoms with van der Waals surface area (Å²) in [5.74, 6) is -1.36. The summed E-state index contributed by atoms with van der Waals surface area (Å²) in [6.45, 7) is 5.87. The Morgan fingerprint density at radius 1 is 1.19 bits per heavy atom. The van der Waals surface area contributed by atoms with E-state index in [9.17, 15) is 14.4 Å². The van der Waals surface area contributed by atoms with E-state index in [0.717, 1.165) is 0 Å². The predicted molar refractivity (Wildman–Crippen MR) is 78.9 cm³/mol. The summed E-state index contributed by atoms with van der Waals surface area (Å²) < 4.78 is 5.13. The third kappa shape index (κ3) is 14.4. The van der Waals surface area contributed by atoms with Crippen molar-refractivity contribution in [3.8, 4) is 0 Å². The molecule has 8 nitrogen and oxygen atoms in total. The molecule has 8 heteroatoms. The van der Waals surface area contributed by atoms with Gasteiger partial charge in [-0.05, 0) is 27.8 Å². The number of nitrogens with one attached hydrogen (secondary N) is 1. The number of ether oxygens (including phenoxy) is 1. The quantitative estimate of drug-likeness (QED) is 0.653. The van der Waals surface area contributed by atoms with Gasteiger partial charge in [-0.3, -0.25) is 9.59 Å². The molecule has 0 aromatic heterocycles. The number of rotatable bonds is 6. The van der Waals surface area contributed by atoms with Crippen molar-refractivity contribution >= 4 is 18.0 Å². The molecule has 0 aliphatic heterocycles. The Hall–Kier alpha value is -1.83. The molecule has 0 fully saturated rings. The van der Waals surface area contributed by atoms with E-state index in [1.165, 1.54) is 11.9 Å². The molecule has 21 heavy (non-hydrogen) atoms. The average Bonchev–Trinajstić information content (AvgIpc) is 2.36. The summed E-state index contributed by atoms with van der Waals surface area (Å²) in [4.78, 5) is 34.4. The van der Waals surface area contributed by atoms with Crippen molar-refractivity contribution in [3.63, 3.8) is 0 Å². The lowest BCUT2D eigenvalue weighted by Crippen LogP contribution is -2.39. The van der Waals surface area contributed by atoms with Crippen LogP contribution >= 0.6 is 0 Å². The number of amides is 2. The third-order valence-corrected chi connectivity index (χ3v) is 2.04. The zero-order valence-electron chi connectivity index (χ0n) is 13.4. The second kappa shape index (κ2) is 10.9. The number of carbonyl (C=O) groups is 3. The molecule has 0 saturated carbocycles. The van der Waals surface area contributed by atoms with Crippen LogP contribution in [0.3, 0.4) is 0 Å². The lowest BCUT2D eigenvalue weighted by Gasteiger charge is -2.24. The zero-order chi connectivity index (χ0) is 17.1. The van der Waals surface area contributed by atoms with Gasteiger partial charge in [-0.1, -0.05) is 0 Å².